The third kappa shape index (κ3) is 14.5. The Kier molecular flexibility index (Phi) is 13.2. The van der Waals surface area contributed by atoms with Gasteiger partial charge < -0.3 is 24.6 Å². The number of nitrogens with zero attached hydrogens (tertiary/aromatic N) is 1. The third-order valence-electron chi connectivity index (χ3n) is 4.43. The van der Waals surface area contributed by atoms with Gasteiger partial charge in [0, 0.05) is 19.0 Å². The maximum Gasteiger partial charge on any atom is 0.193 e. The second-order valence-corrected chi connectivity index (χ2v) is 8.49. The number of unbranched alkanes of at least 4 members (excludes halogenated alkanes) is 9. The van der Waals surface area contributed by atoms with Gasteiger partial charge in [-0.3, -0.25) is 4.79 Å². The zero-order valence-electron chi connectivity index (χ0n) is 17.4. The van der Waals surface area contributed by atoms with Crippen molar-refractivity contribution in [2.45, 2.75) is 76.2 Å². The SMILES string of the molecule is C[N+](C)(C)CC(O)(CC(=O)[O-])C(=O)C=CCCCCCCCCCCCO. The number of rotatable bonds is 17. The van der Waals surface area contributed by atoms with Gasteiger partial charge >= 0.3 is 0 Å². The summed E-state index contributed by atoms with van der Waals surface area (Å²) < 4.78 is 0.281. The molecule has 0 aromatic rings. The topological polar surface area (TPSA) is 97.7 Å². The fourth-order valence-corrected chi connectivity index (χ4v) is 3.20. The van der Waals surface area contributed by atoms with Gasteiger partial charge in [-0.25, -0.2) is 0 Å². The van der Waals surface area contributed by atoms with Crippen LogP contribution in [0.2, 0.25) is 0 Å². The van der Waals surface area contributed by atoms with E-state index in [1.807, 2.05) is 0 Å². The van der Waals surface area contributed by atoms with Crippen LogP contribution in [0.3, 0.4) is 0 Å². The highest BCUT2D eigenvalue weighted by molar-refractivity contribution is 5.99. The average Bonchev–Trinajstić information content (AvgIpc) is 2.53. The largest absolute Gasteiger partial charge is 0.550 e. The summed E-state index contributed by atoms with van der Waals surface area (Å²) in [7, 11) is 5.39. The van der Waals surface area contributed by atoms with Crippen molar-refractivity contribution in [3.8, 4) is 0 Å². The molecule has 1 unspecified atom stereocenters. The molecule has 1 atom stereocenters. The fraction of sp³-hybridized carbons (Fsp3) is 0.810. The Balaban J connectivity index is 4.07. The lowest BCUT2D eigenvalue weighted by Crippen LogP contribution is -2.55. The zero-order valence-corrected chi connectivity index (χ0v) is 17.4. The van der Waals surface area contributed by atoms with Gasteiger partial charge in [-0.2, -0.15) is 0 Å². The van der Waals surface area contributed by atoms with Crippen molar-refractivity contribution >= 4 is 11.8 Å². The summed E-state index contributed by atoms with van der Waals surface area (Å²) in [5, 5.41) is 30.1. The van der Waals surface area contributed by atoms with Crippen molar-refractivity contribution in [3.63, 3.8) is 0 Å². The molecular formula is C21H39NO5. The van der Waals surface area contributed by atoms with Crippen molar-refractivity contribution in [2.24, 2.45) is 0 Å². The Bertz CT molecular complexity index is 456. The number of likely N-dealkylation sites (N-methyl/N-ethyl adjacent to an activating group) is 1. The van der Waals surface area contributed by atoms with Crippen LogP contribution in [0.25, 0.3) is 0 Å². The highest BCUT2D eigenvalue weighted by Crippen LogP contribution is 2.17. The van der Waals surface area contributed by atoms with E-state index in [0.717, 1.165) is 38.5 Å². The predicted octanol–water partition coefficient (Wildman–Crippen LogP) is 1.58. The van der Waals surface area contributed by atoms with Gasteiger partial charge in [0.2, 0.25) is 0 Å². The molecule has 0 rings (SSSR count). The van der Waals surface area contributed by atoms with Gasteiger partial charge in [-0.05, 0) is 25.3 Å². The van der Waals surface area contributed by atoms with Gasteiger partial charge in [0.15, 0.2) is 11.4 Å². The van der Waals surface area contributed by atoms with Crippen LogP contribution in [0.5, 0.6) is 0 Å². The first-order chi connectivity index (χ1) is 12.6. The number of aliphatic carboxylic acids is 1. The number of carbonyl (C=O) groups is 2. The smallest absolute Gasteiger partial charge is 0.193 e. The number of carboxylic acids is 1. The molecule has 27 heavy (non-hydrogen) atoms. The van der Waals surface area contributed by atoms with Crippen molar-refractivity contribution < 1.29 is 29.4 Å². The summed E-state index contributed by atoms with van der Waals surface area (Å²) in [6.07, 6.45) is 13.2. The first kappa shape index (κ1) is 25.8. The van der Waals surface area contributed by atoms with Crippen molar-refractivity contribution in [1.82, 2.24) is 0 Å². The van der Waals surface area contributed by atoms with Crippen LogP contribution < -0.4 is 5.11 Å². The number of allylic oxidation sites excluding steroid dienone is 1. The van der Waals surface area contributed by atoms with E-state index in [-0.39, 0.29) is 17.6 Å². The highest BCUT2D eigenvalue weighted by atomic mass is 16.4. The number of quaternary nitrogens is 1. The summed E-state index contributed by atoms with van der Waals surface area (Å²) in [5.41, 5.74) is -1.93. The Morgan fingerprint density at radius 1 is 0.926 bits per heavy atom. The first-order valence-electron chi connectivity index (χ1n) is 10.2. The molecule has 0 amide bonds. The van der Waals surface area contributed by atoms with Crippen LogP contribution in [0, 0.1) is 0 Å². The van der Waals surface area contributed by atoms with E-state index in [0.29, 0.717) is 0 Å². The Morgan fingerprint density at radius 2 is 1.41 bits per heavy atom. The van der Waals surface area contributed by atoms with E-state index in [2.05, 4.69) is 0 Å². The Hall–Kier alpha value is -1.24. The summed E-state index contributed by atoms with van der Waals surface area (Å²) >= 11 is 0. The molecule has 0 aliphatic rings. The fourth-order valence-electron chi connectivity index (χ4n) is 3.20. The lowest BCUT2D eigenvalue weighted by atomic mass is 9.92. The number of hydrogen-bond donors (Lipinski definition) is 2. The summed E-state index contributed by atoms with van der Waals surface area (Å²) in [6.45, 7) is 0.304. The quantitative estimate of drug-likeness (QED) is 0.225. The van der Waals surface area contributed by atoms with E-state index in [1.165, 1.54) is 31.8 Å². The monoisotopic (exact) mass is 385 g/mol. The molecule has 0 heterocycles. The van der Waals surface area contributed by atoms with Gasteiger partial charge in [0.05, 0.1) is 21.1 Å². The number of aliphatic hydroxyl groups is 2. The number of carbonyl (C=O) groups excluding carboxylic acids is 2. The number of carboxylic acid groups (broad SMARTS) is 1. The number of aliphatic hydroxyl groups excluding tert-OH is 1. The molecule has 0 saturated heterocycles. The Morgan fingerprint density at radius 3 is 1.85 bits per heavy atom. The van der Waals surface area contributed by atoms with Crippen molar-refractivity contribution in [2.75, 3.05) is 34.3 Å². The maximum absolute atomic E-state index is 12.3. The lowest BCUT2D eigenvalue weighted by molar-refractivity contribution is -0.875. The minimum atomic E-state index is -1.93. The molecule has 0 saturated carbocycles. The van der Waals surface area contributed by atoms with E-state index < -0.39 is 23.8 Å². The van der Waals surface area contributed by atoms with Gasteiger partial charge in [0.1, 0.15) is 6.54 Å². The molecule has 2 N–H and O–H groups in total. The second-order valence-electron chi connectivity index (χ2n) is 8.49. The standard InChI is InChI=1S/C21H39NO5/c1-22(2,3)18-21(27,17-20(25)26)19(24)15-13-11-9-7-5-4-6-8-10-12-14-16-23/h13,15,23,27H,4-12,14,16-18H2,1-3H3. The van der Waals surface area contributed by atoms with Crippen LogP contribution in [0.1, 0.15) is 70.6 Å². The Labute approximate surface area is 164 Å². The van der Waals surface area contributed by atoms with Gasteiger partial charge in [-0.15, -0.1) is 0 Å². The van der Waals surface area contributed by atoms with Crippen LogP contribution >= 0.6 is 0 Å². The summed E-state index contributed by atoms with van der Waals surface area (Å²) in [5.74, 6) is -1.99. The van der Waals surface area contributed by atoms with Crippen molar-refractivity contribution in [3.05, 3.63) is 12.2 Å². The zero-order chi connectivity index (χ0) is 20.8. The van der Waals surface area contributed by atoms with Gasteiger partial charge in [-0.1, -0.05) is 51.0 Å². The molecule has 0 aliphatic heterocycles. The molecule has 0 fully saturated rings. The molecule has 0 aromatic heterocycles. The molecule has 0 bridgehead atoms. The predicted molar refractivity (Wildman–Crippen MR) is 105 cm³/mol. The van der Waals surface area contributed by atoms with E-state index in [9.17, 15) is 19.8 Å². The minimum absolute atomic E-state index is 0.0163. The first-order valence-corrected chi connectivity index (χ1v) is 10.2. The summed E-state index contributed by atoms with van der Waals surface area (Å²) in [4.78, 5) is 23.2. The molecule has 6 heteroatoms. The van der Waals surface area contributed by atoms with E-state index in [4.69, 9.17) is 5.11 Å². The van der Waals surface area contributed by atoms with E-state index >= 15 is 0 Å². The van der Waals surface area contributed by atoms with Crippen LogP contribution in [0.15, 0.2) is 12.2 Å². The normalized spacial score (nSPS) is 14.4. The molecule has 0 aromatic carbocycles. The van der Waals surface area contributed by atoms with E-state index in [1.54, 1.807) is 27.2 Å². The second kappa shape index (κ2) is 13.9. The van der Waals surface area contributed by atoms with Crippen molar-refractivity contribution in [1.29, 1.82) is 0 Å². The molecule has 158 valence electrons. The van der Waals surface area contributed by atoms with Crippen LogP contribution in [0.4, 0.5) is 0 Å². The number of hydrogen-bond acceptors (Lipinski definition) is 5. The molecular weight excluding hydrogens is 346 g/mol. The number of ketones is 1. The molecule has 0 spiro atoms. The van der Waals surface area contributed by atoms with Gasteiger partial charge in [0.25, 0.3) is 0 Å². The summed E-state index contributed by atoms with van der Waals surface area (Å²) in [6, 6.07) is 0. The third-order valence-corrected chi connectivity index (χ3v) is 4.43. The molecule has 0 radical (unpaired) electrons. The lowest BCUT2D eigenvalue weighted by Gasteiger charge is -2.34. The molecule has 0 aliphatic carbocycles. The minimum Gasteiger partial charge on any atom is -0.550 e. The average molecular weight is 386 g/mol. The highest BCUT2D eigenvalue weighted by Gasteiger charge is 2.39. The van der Waals surface area contributed by atoms with Crippen LogP contribution in [-0.2, 0) is 9.59 Å². The van der Waals surface area contributed by atoms with Crippen LogP contribution in [-0.4, -0.2) is 66.3 Å². The maximum atomic E-state index is 12.3. The molecule has 6 nitrogen and oxygen atoms in total.